The molecule has 0 aromatic heterocycles. The van der Waals surface area contributed by atoms with Crippen LogP contribution in [-0.4, -0.2) is 6.79 Å². The zero-order chi connectivity index (χ0) is 13.2. The molecule has 2 aromatic carbocycles. The summed E-state index contributed by atoms with van der Waals surface area (Å²) >= 11 is 0. The largest absolute Gasteiger partial charge is 0.457 e. The first-order chi connectivity index (χ1) is 9.22. The number of hydrogen-bond donors (Lipinski definition) is 1. The average Bonchev–Trinajstić information content (AvgIpc) is 2.86. The Morgan fingerprint density at radius 3 is 2.68 bits per heavy atom. The molecule has 19 heavy (non-hydrogen) atoms. The Labute approximate surface area is 111 Å². The highest BCUT2D eigenvalue weighted by molar-refractivity contribution is 5.48. The fraction of sp³-hybridized carbons (Fsp3) is 0.200. The molecule has 1 atom stereocenters. The number of rotatable bonds is 3. The fourth-order valence-electron chi connectivity index (χ4n) is 1.94. The van der Waals surface area contributed by atoms with Crippen LogP contribution in [0, 0.1) is 0 Å². The minimum absolute atomic E-state index is 0.0136. The molecule has 1 unspecified atom stereocenters. The van der Waals surface area contributed by atoms with Gasteiger partial charge in [-0.15, -0.1) is 0 Å². The predicted molar refractivity (Wildman–Crippen MR) is 71.7 cm³/mol. The molecule has 3 rings (SSSR count). The highest BCUT2D eigenvalue weighted by Crippen LogP contribution is 2.36. The third kappa shape index (κ3) is 2.48. The molecule has 0 saturated carbocycles. The third-order valence-electron chi connectivity index (χ3n) is 2.96. The fourth-order valence-corrected chi connectivity index (χ4v) is 1.94. The summed E-state index contributed by atoms with van der Waals surface area (Å²) in [5.74, 6) is 2.93. The molecule has 0 bridgehead atoms. The smallest absolute Gasteiger partial charge is 0.231 e. The van der Waals surface area contributed by atoms with Crippen molar-refractivity contribution in [3.8, 4) is 23.0 Å². The zero-order valence-corrected chi connectivity index (χ0v) is 10.6. The van der Waals surface area contributed by atoms with Crippen molar-refractivity contribution in [3.63, 3.8) is 0 Å². The lowest BCUT2D eigenvalue weighted by Gasteiger charge is -2.10. The van der Waals surface area contributed by atoms with E-state index in [9.17, 15) is 0 Å². The molecule has 0 saturated heterocycles. The van der Waals surface area contributed by atoms with E-state index in [0.29, 0.717) is 11.5 Å². The van der Waals surface area contributed by atoms with E-state index in [1.165, 1.54) is 0 Å². The van der Waals surface area contributed by atoms with Crippen LogP contribution in [0.4, 0.5) is 0 Å². The number of nitrogens with two attached hydrogens (primary N) is 1. The Morgan fingerprint density at radius 2 is 1.84 bits per heavy atom. The zero-order valence-electron chi connectivity index (χ0n) is 10.6. The van der Waals surface area contributed by atoms with E-state index in [4.69, 9.17) is 19.9 Å². The summed E-state index contributed by atoms with van der Waals surface area (Å²) in [4.78, 5) is 0. The van der Waals surface area contributed by atoms with Crippen molar-refractivity contribution in [1.82, 2.24) is 0 Å². The van der Waals surface area contributed by atoms with Crippen LogP contribution < -0.4 is 19.9 Å². The minimum Gasteiger partial charge on any atom is -0.457 e. The van der Waals surface area contributed by atoms with Gasteiger partial charge in [0.05, 0.1) is 0 Å². The monoisotopic (exact) mass is 257 g/mol. The molecule has 0 radical (unpaired) electrons. The normalized spacial score (nSPS) is 14.2. The molecule has 1 heterocycles. The quantitative estimate of drug-likeness (QED) is 0.917. The minimum atomic E-state index is -0.0136. The molecule has 0 spiro atoms. The maximum Gasteiger partial charge on any atom is 0.231 e. The summed E-state index contributed by atoms with van der Waals surface area (Å²) in [6, 6.07) is 13.3. The Morgan fingerprint density at radius 1 is 1.05 bits per heavy atom. The maximum absolute atomic E-state index is 5.86. The van der Waals surface area contributed by atoms with Crippen LogP contribution in [0.1, 0.15) is 18.5 Å². The van der Waals surface area contributed by atoms with E-state index >= 15 is 0 Å². The average molecular weight is 257 g/mol. The lowest BCUT2D eigenvalue weighted by Crippen LogP contribution is -2.04. The lowest BCUT2D eigenvalue weighted by atomic mass is 10.1. The second-order valence-corrected chi connectivity index (χ2v) is 4.48. The van der Waals surface area contributed by atoms with E-state index in [1.54, 1.807) is 0 Å². The van der Waals surface area contributed by atoms with Crippen molar-refractivity contribution in [2.75, 3.05) is 6.79 Å². The van der Waals surface area contributed by atoms with Crippen molar-refractivity contribution in [2.24, 2.45) is 5.73 Å². The van der Waals surface area contributed by atoms with Gasteiger partial charge in [-0.2, -0.15) is 0 Å². The van der Waals surface area contributed by atoms with E-state index in [0.717, 1.165) is 17.1 Å². The van der Waals surface area contributed by atoms with Crippen LogP contribution in [0.3, 0.4) is 0 Å². The molecule has 4 nitrogen and oxygen atoms in total. The van der Waals surface area contributed by atoms with Crippen molar-refractivity contribution in [3.05, 3.63) is 48.0 Å². The van der Waals surface area contributed by atoms with Crippen LogP contribution in [0.15, 0.2) is 42.5 Å². The van der Waals surface area contributed by atoms with Crippen molar-refractivity contribution < 1.29 is 14.2 Å². The van der Waals surface area contributed by atoms with Crippen LogP contribution >= 0.6 is 0 Å². The second-order valence-electron chi connectivity index (χ2n) is 4.48. The van der Waals surface area contributed by atoms with Crippen LogP contribution in [-0.2, 0) is 0 Å². The number of fused-ring (bicyclic) bond motifs is 1. The second kappa shape index (κ2) is 4.82. The molecule has 4 heteroatoms. The van der Waals surface area contributed by atoms with Gasteiger partial charge >= 0.3 is 0 Å². The molecule has 98 valence electrons. The van der Waals surface area contributed by atoms with Gasteiger partial charge in [-0.05, 0) is 36.8 Å². The Hall–Kier alpha value is -2.20. The Bertz CT molecular complexity index is 596. The topological polar surface area (TPSA) is 53.7 Å². The van der Waals surface area contributed by atoms with Crippen LogP contribution in [0.5, 0.6) is 23.0 Å². The molecule has 1 aliphatic heterocycles. The Kier molecular flexibility index (Phi) is 3.01. The molecule has 2 aromatic rings. The third-order valence-corrected chi connectivity index (χ3v) is 2.96. The summed E-state index contributed by atoms with van der Waals surface area (Å²) in [5, 5.41) is 0. The van der Waals surface area contributed by atoms with Gasteiger partial charge in [0.1, 0.15) is 11.5 Å². The van der Waals surface area contributed by atoms with Crippen LogP contribution in [0.2, 0.25) is 0 Å². The number of benzene rings is 2. The number of hydrogen-bond acceptors (Lipinski definition) is 4. The van der Waals surface area contributed by atoms with Crippen molar-refractivity contribution >= 4 is 0 Å². The van der Waals surface area contributed by atoms with Gasteiger partial charge in [0.2, 0.25) is 6.79 Å². The Balaban J connectivity index is 1.83. The first-order valence-electron chi connectivity index (χ1n) is 6.15. The summed E-state index contributed by atoms with van der Waals surface area (Å²) in [6.07, 6.45) is 0. The molecule has 0 aliphatic carbocycles. The molecular formula is C15H15NO3. The van der Waals surface area contributed by atoms with Gasteiger partial charge < -0.3 is 19.9 Å². The van der Waals surface area contributed by atoms with Gasteiger partial charge in [0, 0.05) is 12.1 Å². The number of ether oxygens (including phenoxy) is 3. The highest BCUT2D eigenvalue weighted by Gasteiger charge is 2.14. The summed E-state index contributed by atoms with van der Waals surface area (Å²) in [7, 11) is 0. The van der Waals surface area contributed by atoms with Gasteiger partial charge in [0.15, 0.2) is 11.5 Å². The molecule has 1 aliphatic rings. The lowest BCUT2D eigenvalue weighted by molar-refractivity contribution is 0.174. The summed E-state index contributed by atoms with van der Waals surface area (Å²) in [6.45, 7) is 2.21. The van der Waals surface area contributed by atoms with Crippen LogP contribution in [0.25, 0.3) is 0 Å². The van der Waals surface area contributed by atoms with E-state index in [-0.39, 0.29) is 12.8 Å². The SMILES string of the molecule is CC(N)c1cccc(Oc2ccc3c(c2)OCO3)c1. The first-order valence-corrected chi connectivity index (χ1v) is 6.15. The molecule has 0 fully saturated rings. The molecule has 2 N–H and O–H groups in total. The van der Waals surface area contributed by atoms with Crippen molar-refractivity contribution in [1.29, 1.82) is 0 Å². The highest BCUT2D eigenvalue weighted by atomic mass is 16.7. The van der Waals surface area contributed by atoms with Gasteiger partial charge in [-0.1, -0.05) is 12.1 Å². The molecular weight excluding hydrogens is 242 g/mol. The van der Waals surface area contributed by atoms with Gasteiger partial charge in [0.25, 0.3) is 0 Å². The molecule has 0 amide bonds. The first kappa shape index (κ1) is 11.9. The maximum atomic E-state index is 5.86. The van der Waals surface area contributed by atoms with E-state index < -0.39 is 0 Å². The van der Waals surface area contributed by atoms with E-state index in [1.807, 2.05) is 49.4 Å². The van der Waals surface area contributed by atoms with E-state index in [2.05, 4.69) is 0 Å². The van der Waals surface area contributed by atoms with Gasteiger partial charge in [-0.3, -0.25) is 0 Å². The standard InChI is InChI=1S/C15H15NO3/c1-10(16)11-3-2-4-12(7-11)19-13-5-6-14-15(8-13)18-9-17-14/h2-8,10H,9,16H2,1H3. The predicted octanol–water partition coefficient (Wildman–Crippen LogP) is 3.23. The van der Waals surface area contributed by atoms with Crippen molar-refractivity contribution in [2.45, 2.75) is 13.0 Å². The summed E-state index contributed by atoms with van der Waals surface area (Å²) in [5.41, 5.74) is 6.90. The summed E-state index contributed by atoms with van der Waals surface area (Å²) < 4.78 is 16.4. The van der Waals surface area contributed by atoms with Gasteiger partial charge in [-0.25, -0.2) is 0 Å².